The third-order valence-corrected chi connectivity index (χ3v) is 1.51. The first-order valence-corrected chi connectivity index (χ1v) is 4.45. The van der Waals surface area contributed by atoms with Gasteiger partial charge >= 0.3 is 0 Å². The molecule has 0 aromatic rings. The van der Waals surface area contributed by atoms with E-state index in [9.17, 15) is 0 Å². The molecule has 0 radical (unpaired) electrons. The molecule has 11 heavy (non-hydrogen) atoms. The van der Waals surface area contributed by atoms with Crippen LogP contribution in [0.25, 0.3) is 0 Å². The zero-order valence-corrected chi connectivity index (χ0v) is 7.95. The summed E-state index contributed by atoms with van der Waals surface area (Å²) < 4.78 is 5.33. The van der Waals surface area contributed by atoms with E-state index in [1.165, 1.54) is 6.42 Å². The van der Waals surface area contributed by atoms with Crippen molar-refractivity contribution >= 4 is 11.6 Å². The SMILES string of the molecule is CCCCC(C#CCl)OCC. The van der Waals surface area contributed by atoms with E-state index in [1.807, 2.05) is 6.92 Å². The lowest BCUT2D eigenvalue weighted by Crippen LogP contribution is -2.09. The lowest BCUT2D eigenvalue weighted by molar-refractivity contribution is 0.0953. The predicted molar refractivity (Wildman–Crippen MR) is 48.6 cm³/mol. The number of hydrogen-bond acceptors (Lipinski definition) is 1. The fourth-order valence-corrected chi connectivity index (χ4v) is 0.970. The minimum absolute atomic E-state index is 0.0393. The van der Waals surface area contributed by atoms with Crippen molar-refractivity contribution in [2.75, 3.05) is 6.61 Å². The molecule has 0 aliphatic rings. The molecule has 0 bridgehead atoms. The van der Waals surface area contributed by atoms with Crippen molar-refractivity contribution in [1.82, 2.24) is 0 Å². The highest BCUT2D eigenvalue weighted by Crippen LogP contribution is 2.03. The molecule has 0 saturated heterocycles. The molecular formula is C9H15ClO. The quantitative estimate of drug-likeness (QED) is 0.583. The highest BCUT2D eigenvalue weighted by molar-refractivity contribution is 6.30. The fraction of sp³-hybridized carbons (Fsp3) is 0.778. The van der Waals surface area contributed by atoms with Gasteiger partial charge < -0.3 is 4.74 Å². The van der Waals surface area contributed by atoms with Crippen LogP contribution in [0.15, 0.2) is 0 Å². The standard InChI is InChI=1S/C9H15ClO/c1-3-5-6-9(7-8-10)11-4-2/h9H,3-6H2,1-2H3. The molecule has 0 amide bonds. The second-order valence-corrected chi connectivity index (χ2v) is 2.51. The Kier molecular flexibility index (Phi) is 7.78. The van der Waals surface area contributed by atoms with Gasteiger partial charge in [0.15, 0.2) is 0 Å². The maximum absolute atomic E-state index is 5.33. The molecule has 1 atom stereocenters. The highest BCUT2D eigenvalue weighted by Gasteiger charge is 2.01. The van der Waals surface area contributed by atoms with Crippen molar-refractivity contribution in [1.29, 1.82) is 0 Å². The summed E-state index contributed by atoms with van der Waals surface area (Å²) in [6.45, 7) is 4.83. The van der Waals surface area contributed by atoms with E-state index in [2.05, 4.69) is 18.2 Å². The smallest absolute Gasteiger partial charge is 0.119 e. The second-order valence-electron chi connectivity index (χ2n) is 2.33. The third kappa shape index (κ3) is 6.22. The minimum atomic E-state index is 0.0393. The lowest BCUT2D eigenvalue weighted by atomic mass is 10.2. The molecule has 2 heteroatoms. The van der Waals surface area contributed by atoms with Crippen LogP contribution in [0.5, 0.6) is 0 Å². The minimum Gasteiger partial charge on any atom is -0.366 e. The predicted octanol–water partition coefficient (Wildman–Crippen LogP) is 2.78. The Morgan fingerprint density at radius 2 is 2.18 bits per heavy atom. The van der Waals surface area contributed by atoms with E-state index in [0.717, 1.165) is 12.8 Å². The maximum atomic E-state index is 5.33. The van der Waals surface area contributed by atoms with Crippen LogP contribution >= 0.6 is 11.6 Å². The molecule has 1 unspecified atom stereocenters. The van der Waals surface area contributed by atoms with Gasteiger partial charge in [0.25, 0.3) is 0 Å². The summed E-state index contributed by atoms with van der Waals surface area (Å²) in [4.78, 5) is 0. The molecule has 0 fully saturated rings. The van der Waals surface area contributed by atoms with Gasteiger partial charge in [-0.3, -0.25) is 0 Å². The molecule has 0 aliphatic carbocycles. The van der Waals surface area contributed by atoms with E-state index in [-0.39, 0.29) is 6.10 Å². The summed E-state index contributed by atoms with van der Waals surface area (Å²) in [5, 5.41) is 2.36. The Morgan fingerprint density at radius 3 is 2.64 bits per heavy atom. The summed E-state index contributed by atoms with van der Waals surface area (Å²) in [6.07, 6.45) is 3.35. The second kappa shape index (κ2) is 7.91. The zero-order chi connectivity index (χ0) is 8.53. The van der Waals surface area contributed by atoms with Crippen molar-refractivity contribution in [2.45, 2.75) is 39.2 Å². The summed E-state index contributed by atoms with van der Waals surface area (Å²) in [5.41, 5.74) is 0. The van der Waals surface area contributed by atoms with Gasteiger partial charge in [-0.05, 0) is 24.9 Å². The molecular weight excluding hydrogens is 160 g/mol. The van der Waals surface area contributed by atoms with E-state index >= 15 is 0 Å². The summed E-state index contributed by atoms with van der Waals surface area (Å²) in [7, 11) is 0. The average Bonchev–Trinajstić information content (AvgIpc) is 2.01. The highest BCUT2D eigenvalue weighted by atomic mass is 35.5. The molecule has 0 aromatic carbocycles. The molecule has 0 rings (SSSR count). The number of ether oxygens (including phenoxy) is 1. The van der Waals surface area contributed by atoms with Crippen LogP contribution < -0.4 is 0 Å². The molecule has 0 spiro atoms. The van der Waals surface area contributed by atoms with Gasteiger partial charge in [0, 0.05) is 12.0 Å². The van der Waals surface area contributed by atoms with Crippen molar-refractivity contribution in [3.8, 4) is 11.3 Å². The normalized spacial score (nSPS) is 11.9. The molecule has 1 nitrogen and oxygen atoms in total. The molecule has 0 heterocycles. The van der Waals surface area contributed by atoms with Gasteiger partial charge in [0.05, 0.1) is 0 Å². The molecule has 0 aliphatic heterocycles. The van der Waals surface area contributed by atoms with E-state index in [1.54, 1.807) is 0 Å². The summed E-state index contributed by atoms with van der Waals surface area (Å²) in [5.74, 6) is 2.81. The summed E-state index contributed by atoms with van der Waals surface area (Å²) in [6, 6.07) is 0. The molecule has 64 valence electrons. The first kappa shape index (κ1) is 10.8. The Balaban J connectivity index is 3.57. The maximum Gasteiger partial charge on any atom is 0.119 e. The Morgan fingerprint density at radius 1 is 1.45 bits per heavy atom. The summed E-state index contributed by atoms with van der Waals surface area (Å²) >= 11 is 5.27. The van der Waals surface area contributed by atoms with Crippen molar-refractivity contribution in [2.24, 2.45) is 0 Å². The number of halogens is 1. The van der Waals surface area contributed by atoms with Crippen LogP contribution in [-0.4, -0.2) is 12.7 Å². The van der Waals surface area contributed by atoms with Gasteiger partial charge in [0.1, 0.15) is 6.10 Å². The van der Waals surface area contributed by atoms with Gasteiger partial charge in [-0.25, -0.2) is 0 Å². The zero-order valence-electron chi connectivity index (χ0n) is 7.19. The largest absolute Gasteiger partial charge is 0.366 e. The monoisotopic (exact) mass is 174 g/mol. The van der Waals surface area contributed by atoms with Gasteiger partial charge in [-0.1, -0.05) is 25.7 Å². The molecule has 0 saturated carbocycles. The topological polar surface area (TPSA) is 9.23 Å². The van der Waals surface area contributed by atoms with Crippen molar-refractivity contribution in [3.63, 3.8) is 0 Å². The van der Waals surface area contributed by atoms with Crippen LogP contribution in [0, 0.1) is 11.3 Å². The third-order valence-electron chi connectivity index (χ3n) is 1.40. The number of unbranched alkanes of at least 4 members (excludes halogenated alkanes) is 1. The molecule has 0 N–H and O–H groups in total. The van der Waals surface area contributed by atoms with Crippen LogP contribution in [0.2, 0.25) is 0 Å². The lowest BCUT2D eigenvalue weighted by Gasteiger charge is -2.08. The van der Waals surface area contributed by atoms with Crippen molar-refractivity contribution in [3.05, 3.63) is 0 Å². The molecule has 0 aromatic heterocycles. The van der Waals surface area contributed by atoms with Crippen LogP contribution in [0.3, 0.4) is 0 Å². The Bertz CT molecular complexity index is 134. The Labute approximate surface area is 74.1 Å². The van der Waals surface area contributed by atoms with Crippen molar-refractivity contribution < 1.29 is 4.74 Å². The Hall–Kier alpha value is -0.190. The number of hydrogen-bond donors (Lipinski definition) is 0. The van der Waals surface area contributed by atoms with E-state index < -0.39 is 0 Å². The van der Waals surface area contributed by atoms with Gasteiger partial charge in [-0.2, -0.15) is 0 Å². The fourth-order valence-electron chi connectivity index (χ4n) is 0.849. The van der Waals surface area contributed by atoms with Crippen LogP contribution in [-0.2, 0) is 4.74 Å². The number of rotatable bonds is 5. The van der Waals surface area contributed by atoms with Crippen LogP contribution in [0.1, 0.15) is 33.1 Å². The first-order chi connectivity index (χ1) is 5.35. The van der Waals surface area contributed by atoms with E-state index in [4.69, 9.17) is 16.3 Å². The van der Waals surface area contributed by atoms with Gasteiger partial charge in [-0.15, -0.1) is 0 Å². The van der Waals surface area contributed by atoms with E-state index in [0.29, 0.717) is 6.61 Å². The first-order valence-electron chi connectivity index (χ1n) is 4.07. The average molecular weight is 175 g/mol. The van der Waals surface area contributed by atoms with Crippen LogP contribution in [0.4, 0.5) is 0 Å². The van der Waals surface area contributed by atoms with Gasteiger partial charge in [0.2, 0.25) is 0 Å².